The van der Waals surface area contributed by atoms with Gasteiger partial charge in [-0.2, -0.15) is 0 Å². The van der Waals surface area contributed by atoms with Crippen molar-refractivity contribution in [3.8, 4) is 10.4 Å². The highest BCUT2D eigenvalue weighted by atomic mass is 32.1. The van der Waals surface area contributed by atoms with Crippen LogP contribution in [0.5, 0.6) is 0 Å². The van der Waals surface area contributed by atoms with Gasteiger partial charge in [-0.25, -0.2) is 9.37 Å². The number of carbonyl (C=O) groups is 4. The summed E-state index contributed by atoms with van der Waals surface area (Å²) in [5.74, 6) is -1.10. The maximum absolute atomic E-state index is 14.7. The third-order valence-electron chi connectivity index (χ3n) is 8.78. The average molecular weight is 612 g/mol. The maximum atomic E-state index is 14.7. The number of imide groups is 1. The van der Waals surface area contributed by atoms with Gasteiger partial charge in [0.2, 0.25) is 17.7 Å². The van der Waals surface area contributed by atoms with Gasteiger partial charge >= 0.3 is 0 Å². The molecule has 2 fully saturated rings. The predicted octanol–water partition coefficient (Wildman–Crippen LogP) is 5.11. The van der Waals surface area contributed by atoms with Crippen LogP contribution in [0.15, 0.2) is 60.8 Å². The number of piperidine rings is 2. The molecule has 0 spiro atoms. The zero-order chi connectivity index (χ0) is 30.4. The number of carbonyl (C=O) groups excluding carboxylic acids is 4. The molecule has 1 atom stereocenters. The van der Waals surface area contributed by atoms with Crippen molar-refractivity contribution in [2.45, 2.75) is 44.7 Å². The van der Waals surface area contributed by atoms with Crippen molar-refractivity contribution >= 4 is 56.6 Å². The number of hydrogen-bond acceptors (Lipinski definition) is 7. The first kappa shape index (κ1) is 28.1. The fourth-order valence-corrected chi connectivity index (χ4v) is 7.49. The Bertz CT molecular complexity index is 1810. The lowest BCUT2D eigenvalue weighted by Gasteiger charge is -2.31. The number of hydrogen-bond donors (Lipinski definition) is 2. The zero-order valence-electron chi connectivity index (χ0n) is 23.8. The van der Waals surface area contributed by atoms with E-state index in [9.17, 15) is 23.6 Å². The summed E-state index contributed by atoms with van der Waals surface area (Å²) in [6, 6.07) is 15.4. The number of rotatable bonds is 6. The van der Waals surface area contributed by atoms with Crippen LogP contribution in [0.1, 0.15) is 48.0 Å². The van der Waals surface area contributed by atoms with E-state index in [-0.39, 0.29) is 42.4 Å². The van der Waals surface area contributed by atoms with E-state index in [0.29, 0.717) is 29.5 Å². The van der Waals surface area contributed by atoms with Crippen molar-refractivity contribution in [2.24, 2.45) is 5.92 Å². The number of benzene rings is 3. The normalized spacial score (nSPS) is 18.9. The van der Waals surface area contributed by atoms with Crippen LogP contribution < -0.4 is 15.5 Å². The van der Waals surface area contributed by atoms with Gasteiger partial charge in [-0.05, 0) is 60.4 Å². The third kappa shape index (κ3) is 5.32. The molecule has 1 unspecified atom stereocenters. The molecular formula is C33H30FN5O4S. The Kier molecular flexibility index (Phi) is 7.33. The Morgan fingerprint density at radius 3 is 2.61 bits per heavy atom. The van der Waals surface area contributed by atoms with E-state index >= 15 is 0 Å². The molecule has 0 bridgehead atoms. The molecule has 3 aliphatic rings. The average Bonchev–Trinajstić information content (AvgIpc) is 3.62. The molecule has 4 heterocycles. The molecule has 4 amide bonds. The molecule has 7 rings (SSSR count). The highest BCUT2D eigenvalue weighted by Crippen LogP contribution is 2.38. The van der Waals surface area contributed by atoms with Crippen molar-refractivity contribution in [3.63, 3.8) is 0 Å². The van der Waals surface area contributed by atoms with E-state index in [1.54, 1.807) is 35.6 Å². The van der Waals surface area contributed by atoms with Crippen LogP contribution in [0.3, 0.4) is 0 Å². The molecule has 2 N–H and O–H groups in total. The van der Waals surface area contributed by atoms with Crippen LogP contribution in [-0.2, 0) is 20.9 Å². The monoisotopic (exact) mass is 611 g/mol. The summed E-state index contributed by atoms with van der Waals surface area (Å²) in [4.78, 5) is 59.0. The Morgan fingerprint density at radius 1 is 1.02 bits per heavy atom. The molecule has 3 aliphatic heterocycles. The smallest absolute Gasteiger partial charge is 0.255 e. The van der Waals surface area contributed by atoms with E-state index in [4.69, 9.17) is 0 Å². The molecule has 3 aromatic carbocycles. The highest BCUT2D eigenvalue weighted by molar-refractivity contribution is 7.19. The predicted molar refractivity (Wildman–Crippen MR) is 166 cm³/mol. The van der Waals surface area contributed by atoms with Gasteiger partial charge in [-0.1, -0.05) is 41.7 Å². The molecule has 1 aromatic heterocycles. The number of aromatic nitrogens is 1. The summed E-state index contributed by atoms with van der Waals surface area (Å²) in [5.41, 5.74) is 2.72. The van der Waals surface area contributed by atoms with E-state index in [1.807, 2.05) is 30.5 Å². The molecule has 4 aromatic rings. The lowest BCUT2D eigenvalue weighted by atomic mass is 9.93. The number of halogens is 1. The summed E-state index contributed by atoms with van der Waals surface area (Å²) in [7, 11) is 0. The van der Waals surface area contributed by atoms with Gasteiger partial charge < -0.3 is 15.1 Å². The Morgan fingerprint density at radius 2 is 1.82 bits per heavy atom. The molecule has 9 nitrogen and oxygen atoms in total. The van der Waals surface area contributed by atoms with E-state index in [0.717, 1.165) is 52.5 Å². The van der Waals surface area contributed by atoms with Gasteiger partial charge in [-0.15, -0.1) is 0 Å². The van der Waals surface area contributed by atoms with Crippen LogP contribution in [-0.4, -0.2) is 52.6 Å². The van der Waals surface area contributed by atoms with Crippen LogP contribution >= 0.6 is 11.3 Å². The summed E-state index contributed by atoms with van der Waals surface area (Å²) in [6.07, 6.45) is 4.42. The first-order valence-electron chi connectivity index (χ1n) is 14.8. The largest absolute Gasteiger partial charge is 0.348 e. The minimum Gasteiger partial charge on any atom is -0.348 e. The second kappa shape index (κ2) is 11.5. The summed E-state index contributed by atoms with van der Waals surface area (Å²) >= 11 is 1.56. The van der Waals surface area contributed by atoms with Gasteiger partial charge in [-0.3, -0.25) is 24.5 Å². The van der Waals surface area contributed by atoms with Crippen LogP contribution in [0.25, 0.3) is 21.2 Å². The number of amides is 4. The highest BCUT2D eigenvalue weighted by Gasteiger charge is 2.39. The summed E-state index contributed by atoms with van der Waals surface area (Å²) in [5, 5.41) is 7.66. The van der Waals surface area contributed by atoms with E-state index < -0.39 is 11.9 Å². The molecule has 0 radical (unpaired) electrons. The van der Waals surface area contributed by atoms with E-state index in [2.05, 4.69) is 20.5 Å². The molecule has 224 valence electrons. The van der Waals surface area contributed by atoms with Gasteiger partial charge in [0.05, 0.1) is 4.88 Å². The Labute approximate surface area is 257 Å². The molecule has 2 saturated heterocycles. The maximum Gasteiger partial charge on any atom is 0.255 e. The first-order valence-corrected chi connectivity index (χ1v) is 15.6. The van der Waals surface area contributed by atoms with Gasteiger partial charge in [0.15, 0.2) is 5.13 Å². The Balaban J connectivity index is 0.939. The minimum atomic E-state index is -0.673. The first-order chi connectivity index (χ1) is 21.3. The number of thiazole rings is 1. The van der Waals surface area contributed by atoms with Crippen molar-refractivity contribution in [1.29, 1.82) is 0 Å². The lowest BCUT2D eigenvalue weighted by Crippen LogP contribution is -2.52. The van der Waals surface area contributed by atoms with Crippen LogP contribution in [0.2, 0.25) is 0 Å². The lowest BCUT2D eigenvalue weighted by molar-refractivity contribution is -0.137. The number of nitrogens with one attached hydrogen (secondary N) is 2. The van der Waals surface area contributed by atoms with Crippen molar-refractivity contribution in [3.05, 3.63) is 77.7 Å². The van der Waals surface area contributed by atoms with Crippen LogP contribution in [0, 0.1) is 11.7 Å². The SMILES string of the molecule is O=C1CCC(N2Cc3cc(NC(=O)CC4CCN(c5ncc(-c6cccc7cccc(F)c67)s5)CC4)ccc3C2=O)C(=O)N1. The van der Waals surface area contributed by atoms with Gasteiger partial charge in [0.25, 0.3) is 5.91 Å². The zero-order valence-corrected chi connectivity index (χ0v) is 24.7. The molecule has 44 heavy (non-hydrogen) atoms. The van der Waals surface area contributed by atoms with Crippen molar-refractivity contribution in [1.82, 2.24) is 15.2 Å². The third-order valence-corrected chi connectivity index (χ3v) is 9.87. The number of anilines is 2. The molecule has 0 aliphatic carbocycles. The Hall–Kier alpha value is -4.64. The quantitative estimate of drug-likeness (QED) is 0.293. The number of fused-ring (bicyclic) bond motifs is 2. The topological polar surface area (TPSA) is 112 Å². The summed E-state index contributed by atoms with van der Waals surface area (Å²) in [6.45, 7) is 1.83. The second-order valence-corrected chi connectivity index (χ2v) is 12.6. The molecule has 0 saturated carbocycles. The van der Waals surface area contributed by atoms with Gasteiger partial charge in [0, 0.05) is 60.9 Å². The fourth-order valence-electron chi connectivity index (χ4n) is 6.49. The van der Waals surface area contributed by atoms with Gasteiger partial charge in [0.1, 0.15) is 11.9 Å². The summed E-state index contributed by atoms with van der Waals surface area (Å²) < 4.78 is 14.7. The van der Waals surface area contributed by atoms with Crippen molar-refractivity contribution < 1.29 is 23.6 Å². The fraction of sp³-hybridized carbons (Fsp3) is 0.303. The second-order valence-electron chi connectivity index (χ2n) is 11.6. The minimum absolute atomic E-state index is 0.0794. The molecule has 11 heteroatoms. The van der Waals surface area contributed by atoms with Crippen molar-refractivity contribution in [2.75, 3.05) is 23.3 Å². The molecular weight excluding hydrogens is 581 g/mol. The standard InChI is InChI=1S/C33H30FN5O4S/c34-25-6-2-4-20-3-1-5-24(30(20)25)27-17-35-33(44-27)38-13-11-19(12-14-38)15-29(41)36-22-7-8-23-21(16-22)18-39(32(23)43)26-9-10-28(40)37-31(26)42/h1-8,16-17,19,26H,9-15,18H2,(H,36,41)(H,37,40,42). The number of nitrogens with zero attached hydrogens (tertiary/aromatic N) is 3. The van der Waals surface area contributed by atoms with Crippen LogP contribution in [0.4, 0.5) is 15.2 Å². The van der Waals surface area contributed by atoms with E-state index in [1.165, 1.54) is 11.0 Å².